The number of halogens is 1. The van der Waals surface area contributed by atoms with Gasteiger partial charge in [-0.05, 0) is 62.4 Å². The van der Waals surface area contributed by atoms with E-state index in [1.807, 2.05) is 11.8 Å². The van der Waals surface area contributed by atoms with Gasteiger partial charge in [0.15, 0.2) is 0 Å². The second-order valence-electron chi connectivity index (χ2n) is 7.26. The minimum Gasteiger partial charge on any atom is -0.342 e. The molecule has 1 spiro atoms. The zero-order chi connectivity index (χ0) is 18.6. The predicted octanol–water partition coefficient (Wildman–Crippen LogP) is 2.49. The minimum absolute atomic E-state index is 0.116. The maximum absolute atomic E-state index is 12.9. The van der Waals surface area contributed by atoms with E-state index in [1.165, 1.54) is 42.4 Å². The van der Waals surface area contributed by atoms with E-state index < -0.39 is 0 Å². The van der Waals surface area contributed by atoms with Crippen LogP contribution in [0.4, 0.5) is 10.1 Å². The molecule has 0 aromatic heterocycles. The number of nitrogens with zero attached hydrogens (tertiary/aromatic N) is 1. The molecular formula is C19H26FN3O2S. The fraction of sp³-hybridized carbons (Fsp3) is 0.579. The van der Waals surface area contributed by atoms with Gasteiger partial charge in [-0.25, -0.2) is 4.39 Å². The summed E-state index contributed by atoms with van der Waals surface area (Å²) in [5.74, 6) is -0.207. The Bertz CT molecular complexity index is 637. The first-order chi connectivity index (χ1) is 12.5. The maximum Gasteiger partial charge on any atom is 0.235 e. The van der Waals surface area contributed by atoms with E-state index in [9.17, 15) is 14.0 Å². The van der Waals surface area contributed by atoms with E-state index in [0.717, 1.165) is 39.0 Å². The van der Waals surface area contributed by atoms with Crippen LogP contribution in [0.15, 0.2) is 24.3 Å². The lowest BCUT2D eigenvalue weighted by Crippen LogP contribution is -2.46. The average molecular weight is 380 g/mol. The van der Waals surface area contributed by atoms with Crippen molar-refractivity contribution in [3.05, 3.63) is 30.1 Å². The van der Waals surface area contributed by atoms with Crippen LogP contribution < -0.4 is 10.6 Å². The molecule has 2 heterocycles. The number of rotatable bonds is 5. The van der Waals surface area contributed by atoms with E-state index >= 15 is 0 Å². The number of hydrogen-bond donors (Lipinski definition) is 2. The SMILES string of the molecule is CC(SCC(=O)Nc1ccc(F)cc1)C(=O)N1CCC2(CCNC2)CC1. The molecule has 1 atom stereocenters. The topological polar surface area (TPSA) is 61.4 Å². The molecule has 1 aromatic rings. The van der Waals surface area contributed by atoms with Crippen molar-refractivity contribution in [2.75, 3.05) is 37.2 Å². The van der Waals surface area contributed by atoms with Crippen LogP contribution in [0.3, 0.4) is 0 Å². The van der Waals surface area contributed by atoms with Crippen LogP contribution in [0.1, 0.15) is 26.2 Å². The normalized spacial score (nSPS) is 20.2. The maximum atomic E-state index is 12.9. The Balaban J connectivity index is 1.41. The van der Waals surface area contributed by atoms with Gasteiger partial charge < -0.3 is 15.5 Å². The number of anilines is 1. The predicted molar refractivity (Wildman–Crippen MR) is 103 cm³/mol. The Morgan fingerprint density at radius 1 is 1.27 bits per heavy atom. The Hall–Kier alpha value is -1.60. The van der Waals surface area contributed by atoms with Gasteiger partial charge in [0.2, 0.25) is 11.8 Å². The fourth-order valence-corrected chi connectivity index (χ4v) is 4.45. The Morgan fingerprint density at radius 3 is 2.58 bits per heavy atom. The molecule has 3 rings (SSSR count). The molecule has 7 heteroatoms. The third-order valence-corrected chi connectivity index (χ3v) is 6.54. The number of hydrogen-bond acceptors (Lipinski definition) is 4. The van der Waals surface area contributed by atoms with E-state index in [0.29, 0.717) is 11.1 Å². The highest BCUT2D eigenvalue weighted by molar-refractivity contribution is 8.01. The van der Waals surface area contributed by atoms with Gasteiger partial charge in [-0.3, -0.25) is 9.59 Å². The summed E-state index contributed by atoms with van der Waals surface area (Å²) in [5, 5.41) is 5.90. The van der Waals surface area contributed by atoms with Gasteiger partial charge in [0.25, 0.3) is 0 Å². The van der Waals surface area contributed by atoms with Crippen molar-refractivity contribution in [2.24, 2.45) is 5.41 Å². The number of likely N-dealkylation sites (tertiary alicyclic amines) is 1. The molecule has 1 aromatic carbocycles. The highest BCUT2D eigenvalue weighted by atomic mass is 32.2. The summed E-state index contributed by atoms with van der Waals surface area (Å²) < 4.78 is 12.9. The lowest BCUT2D eigenvalue weighted by molar-refractivity contribution is -0.132. The summed E-state index contributed by atoms with van der Waals surface area (Å²) in [6.07, 6.45) is 3.34. The highest BCUT2D eigenvalue weighted by Crippen LogP contribution is 2.37. The summed E-state index contributed by atoms with van der Waals surface area (Å²) in [4.78, 5) is 26.6. The standard InChI is InChI=1S/C19H26FN3O2S/c1-14(26-12-17(24)22-16-4-2-15(20)3-5-16)18(25)23-10-7-19(8-11-23)6-9-21-13-19/h2-5,14,21H,6-13H2,1H3,(H,22,24). The van der Waals surface area contributed by atoms with E-state index in [-0.39, 0.29) is 28.6 Å². The first-order valence-corrected chi connectivity index (χ1v) is 10.2. The second-order valence-corrected chi connectivity index (χ2v) is 8.59. The molecule has 2 aliphatic heterocycles. The molecule has 142 valence electrons. The fourth-order valence-electron chi connectivity index (χ4n) is 3.68. The summed E-state index contributed by atoms with van der Waals surface area (Å²) in [6, 6.07) is 5.65. The summed E-state index contributed by atoms with van der Waals surface area (Å²) >= 11 is 1.34. The van der Waals surface area contributed by atoms with Gasteiger partial charge in [-0.15, -0.1) is 11.8 Å². The van der Waals surface area contributed by atoms with E-state index in [4.69, 9.17) is 0 Å². The van der Waals surface area contributed by atoms with Crippen molar-refractivity contribution in [1.29, 1.82) is 0 Å². The van der Waals surface area contributed by atoms with Crippen LogP contribution in [0.5, 0.6) is 0 Å². The third-order valence-electron chi connectivity index (χ3n) is 5.41. The molecule has 2 N–H and O–H groups in total. The largest absolute Gasteiger partial charge is 0.342 e. The van der Waals surface area contributed by atoms with Gasteiger partial charge in [0, 0.05) is 25.3 Å². The number of piperidine rings is 1. The summed E-state index contributed by atoms with van der Waals surface area (Å²) in [6.45, 7) is 5.65. The molecule has 0 bridgehead atoms. The number of nitrogens with one attached hydrogen (secondary N) is 2. The van der Waals surface area contributed by atoms with Crippen LogP contribution >= 0.6 is 11.8 Å². The van der Waals surface area contributed by atoms with Gasteiger partial charge in [-0.1, -0.05) is 0 Å². The Kier molecular flexibility index (Phi) is 6.19. The summed E-state index contributed by atoms with van der Waals surface area (Å²) in [7, 11) is 0. The van der Waals surface area contributed by atoms with Crippen molar-refractivity contribution in [3.8, 4) is 0 Å². The molecule has 2 saturated heterocycles. The van der Waals surface area contributed by atoms with Crippen molar-refractivity contribution in [1.82, 2.24) is 10.2 Å². The van der Waals surface area contributed by atoms with Gasteiger partial charge >= 0.3 is 0 Å². The monoisotopic (exact) mass is 379 g/mol. The molecule has 1 unspecified atom stereocenters. The van der Waals surface area contributed by atoms with Crippen molar-refractivity contribution in [2.45, 2.75) is 31.4 Å². The number of thioether (sulfide) groups is 1. The van der Waals surface area contributed by atoms with Crippen LogP contribution in [0.2, 0.25) is 0 Å². The minimum atomic E-state index is -0.340. The van der Waals surface area contributed by atoms with Crippen molar-refractivity contribution < 1.29 is 14.0 Å². The molecule has 0 saturated carbocycles. The molecule has 0 radical (unpaired) electrons. The quantitative estimate of drug-likeness (QED) is 0.825. The molecular weight excluding hydrogens is 353 g/mol. The number of amides is 2. The summed E-state index contributed by atoms with van der Waals surface area (Å²) in [5.41, 5.74) is 0.949. The Labute approximate surface area is 158 Å². The number of carbonyl (C=O) groups is 2. The molecule has 2 aliphatic rings. The van der Waals surface area contributed by atoms with Crippen LogP contribution in [-0.2, 0) is 9.59 Å². The first-order valence-electron chi connectivity index (χ1n) is 9.14. The number of carbonyl (C=O) groups excluding carboxylic acids is 2. The Morgan fingerprint density at radius 2 is 1.96 bits per heavy atom. The smallest absolute Gasteiger partial charge is 0.235 e. The zero-order valence-electron chi connectivity index (χ0n) is 15.1. The molecule has 2 fully saturated rings. The molecule has 0 aliphatic carbocycles. The first kappa shape index (κ1) is 19.2. The lowest BCUT2D eigenvalue weighted by Gasteiger charge is -2.39. The molecule has 5 nitrogen and oxygen atoms in total. The van der Waals surface area contributed by atoms with Crippen LogP contribution in [-0.4, -0.2) is 53.9 Å². The van der Waals surface area contributed by atoms with Gasteiger partial charge in [0.05, 0.1) is 11.0 Å². The average Bonchev–Trinajstić information content (AvgIpc) is 3.10. The van der Waals surface area contributed by atoms with Gasteiger partial charge in [0.1, 0.15) is 5.82 Å². The van der Waals surface area contributed by atoms with Crippen LogP contribution in [0, 0.1) is 11.2 Å². The molecule has 26 heavy (non-hydrogen) atoms. The van der Waals surface area contributed by atoms with Crippen molar-refractivity contribution >= 4 is 29.3 Å². The second kappa shape index (κ2) is 8.39. The lowest BCUT2D eigenvalue weighted by atomic mass is 9.78. The molecule has 2 amide bonds. The van der Waals surface area contributed by atoms with Crippen LogP contribution in [0.25, 0.3) is 0 Å². The zero-order valence-corrected chi connectivity index (χ0v) is 15.9. The third kappa shape index (κ3) is 4.76. The highest BCUT2D eigenvalue weighted by Gasteiger charge is 2.38. The van der Waals surface area contributed by atoms with E-state index in [2.05, 4.69) is 10.6 Å². The number of benzene rings is 1. The van der Waals surface area contributed by atoms with Crippen molar-refractivity contribution in [3.63, 3.8) is 0 Å². The van der Waals surface area contributed by atoms with E-state index in [1.54, 1.807) is 0 Å². The van der Waals surface area contributed by atoms with Gasteiger partial charge in [-0.2, -0.15) is 0 Å².